The van der Waals surface area contributed by atoms with Crippen LogP contribution in [0.3, 0.4) is 0 Å². The SMILES string of the molecule is CCN1CCN(c2ccc(Nc3ncc(C(=O)Nc4c(C)cccc4F)c(NC4CCC4)n3)cc2)CC1. The van der Waals surface area contributed by atoms with Crippen LogP contribution < -0.4 is 20.9 Å². The number of anilines is 5. The van der Waals surface area contributed by atoms with Crippen molar-refractivity contribution >= 4 is 34.7 Å². The fourth-order valence-electron chi connectivity index (χ4n) is 4.64. The number of piperazine rings is 1. The second-order valence-electron chi connectivity index (χ2n) is 9.71. The van der Waals surface area contributed by atoms with Crippen molar-refractivity contribution in [3.63, 3.8) is 0 Å². The van der Waals surface area contributed by atoms with E-state index in [0.29, 0.717) is 17.3 Å². The molecule has 1 saturated heterocycles. The van der Waals surface area contributed by atoms with Gasteiger partial charge in [-0.15, -0.1) is 0 Å². The van der Waals surface area contributed by atoms with Crippen LogP contribution in [0.4, 0.5) is 33.2 Å². The predicted octanol–water partition coefficient (Wildman–Crippen LogP) is 5.03. The van der Waals surface area contributed by atoms with Gasteiger partial charge in [0.15, 0.2) is 0 Å². The number of hydrogen-bond donors (Lipinski definition) is 3. The third-order valence-electron chi connectivity index (χ3n) is 7.25. The number of aromatic nitrogens is 2. The van der Waals surface area contributed by atoms with Crippen LogP contribution in [-0.2, 0) is 0 Å². The van der Waals surface area contributed by atoms with Crippen molar-refractivity contribution in [3.05, 3.63) is 65.6 Å². The zero-order valence-corrected chi connectivity index (χ0v) is 21.4. The van der Waals surface area contributed by atoms with E-state index in [2.05, 4.69) is 54.8 Å². The van der Waals surface area contributed by atoms with Crippen molar-refractivity contribution in [2.45, 2.75) is 39.2 Å². The molecule has 1 aliphatic heterocycles. The van der Waals surface area contributed by atoms with Gasteiger partial charge < -0.3 is 25.8 Å². The summed E-state index contributed by atoms with van der Waals surface area (Å²) in [6.45, 7) is 9.26. The van der Waals surface area contributed by atoms with E-state index in [4.69, 9.17) is 0 Å². The Bertz CT molecular complexity index is 1220. The number of aryl methyl sites for hydroxylation is 1. The Morgan fingerprint density at radius 2 is 1.84 bits per heavy atom. The number of benzene rings is 2. The maximum absolute atomic E-state index is 14.3. The van der Waals surface area contributed by atoms with Gasteiger partial charge in [0.25, 0.3) is 5.91 Å². The fraction of sp³-hybridized carbons (Fsp3) is 0.393. The largest absolute Gasteiger partial charge is 0.369 e. The molecule has 1 saturated carbocycles. The third-order valence-corrected chi connectivity index (χ3v) is 7.25. The average molecular weight is 504 g/mol. The van der Waals surface area contributed by atoms with Gasteiger partial charge >= 0.3 is 0 Å². The Morgan fingerprint density at radius 1 is 1.08 bits per heavy atom. The number of hydrogen-bond acceptors (Lipinski definition) is 7. The first-order chi connectivity index (χ1) is 18.0. The third kappa shape index (κ3) is 5.83. The summed E-state index contributed by atoms with van der Waals surface area (Å²) in [5, 5.41) is 9.32. The molecular weight excluding hydrogens is 469 g/mol. The van der Waals surface area contributed by atoms with Gasteiger partial charge in [0.2, 0.25) is 5.95 Å². The van der Waals surface area contributed by atoms with Crippen molar-refractivity contribution in [2.24, 2.45) is 0 Å². The van der Waals surface area contributed by atoms with E-state index in [9.17, 15) is 9.18 Å². The number of likely N-dealkylation sites (N-methyl/N-ethyl adjacent to an activating group) is 1. The van der Waals surface area contributed by atoms with Crippen LogP contribution in [0.5, 0.6) is 0 Å². The lowest BCUT2D eigenvalue weighted by molar-refractivity contribution is 0.102. The second-order valence-corrected chi connectivity index (χ2v) is 9.71. The van der Waals surface area contributed by atoms with Gasteiger partial charge in [0.05, 0.1) is 5.69 Å². The zero-order chi connectivity index (χ0) is 25.8. The normalized spacial score (nSPS) is 16.2. The zero-order valence-electron chi connectivity index (χ0n) is 21.4. The Kier molecular flexibility index (Phi) is 7.50. The topological polar surface area (TPSA) is 85.4 Å². The lowest BCUT2D eigenvalue weighted by Gasteiger charge is -2.35. The molecule has 3 N–H and O–H groups in total. The molecule has 9 heteroatoms. The molecule has 37 heavy (non-hydrogen) atoms. The number of halogens is 1. The van der Waals surface area contributed by atoms with Crippen LogP contribution in [0.1, 0.15) is 42.1 Å². The minimum Gasteiger partial charge on any atom is -0.369 e. The van der Waals surface area contributed by atoms with E-state index in [1.165, 1.54) is 18.0 Å². The summed E-state index contributed by atoms with van der Waals surface area (Å²) in [6, 6.07) is 13.2. The lowest BCUT2D eigenvalue weighted by atomic mass is 9.93. The van der Waals surface area contributed by atoms with Gasteiger partial charge in [0, 0.05) is 49.8 Å². The first-order valence-electron chi connectivity index (χ1n) is 13.0. The highest BCUT2D eigenvalue weighted by molar-refractivity contribution is 6.07. The molecule has 2 fully saturated rings. The smallest absolute Gasteiger partial charge is 0.261 e. The van der Waals surface area contributed by atoms with Crippen molar-refractivity contribution in [2.75, 3.05) is 53.6 Å². The van der Waals surface area contributed by atoms with Crippen LogP contribution in [-0.4, -0.2) is 59.5 Å². The van der Waals surface area contributed by atoms with Gasteiger partial charge in [-0.3, -0.25) is 4.79 Å². The van der Waals surface area contributed by atoms with Crippen LogP contribution in [0.25, 0.3) is 0 Å². The Balaban J connectivity index is 1.31. The summed E-state index contributed by atoms with van der Waals surface area (Å²) in [6.07, 6.45) is 4.68. The molecule has 1 aromatic heterocycles. The van der Waals surface area contributed by atoms with E-state index in [1.807, 2.05) is 12.1 Å². The molecule has 8 nitrogen and oxygen atoms in total. The summed E-state index contributed by atoms with van der Waals surface area (Å²) in [5.41, 5.74) is 3.16. The van der Waals surface area contributed by atoms with Gasteiger partial charge in [0.1, 0.15) is 17.2 Å². The van der Waals surface area contributed by atoms with E-state index in [1.54, 1.807) is 19.1 Å². The molecule has 0 atom stereocenters. The predicted molar refractivity (Wildman–Crippen MR) is 146 cm³/mol. The molecule has 0 bridgehead atoms. The highest BCUT2D eigenvalue weighted by Gasteiger charge is 2.23. The summed E-state index contributed by atoms with van der Waals surface area (Å²) < 4.78 is 14.3. The number of para-hydroxylation sites is 1. The summed E-state index contributed by atoms with van der Waals surface area (Å²) in [7, 11) is 0. The first kappa shape index (κ1) is 25.0. The molecular formula is C28H34FN7O. The summed E-state index contributed by atoms with van der Waals surface area (Å²) >= 11 is 0. The number of rotatable bonds is 8. The minimum absolute atomic E-state index is 0.167. The van der Waals surface area contributed by atoms with Crippen LogP contribution in [0.2, 0.25) is 0 Å². The fourth-order valence-corrected chi connectivity index (χ4v) is 4.64. The van der Waals surface area contributed by atoms with Gasteiger partial charge in [-0.1, -0.05) is 19.1 Å². The van der Waals surface area contributed by atoms with Gasteiger partial charge in [-0.05, 0) is 68.6 Å². The van der Waals surface area contributed by atoms with Crippen molar-refractivity contribution in [1.82, 2.24) is 14.9 Å². The van der Waals surface area contributed by atoms with Crippen LogP contribution in [0, 0.1) is 12.7 Å². The second kappa shape index (κ2) is 11.1. The Hall–Kier alpha value is -3.72. The molecule has 3 aromatic rings. The lowest BCUT2D eigenvalue weighted by Crippen LogP contribution is -2.46. The van der Waals surface area contributed by atoms with E-state index >= 15 is 0 Å². The summed E-state index contributed by atoms with van der Waals surface area (Å²) in [5.74, 6) is -0.0882. The van der Waals surface area contributed by atoms with Gasteiger partial charge in [-0.2, -0.15) is 4.98 Å². The van der Waals surface area contributed by atoms with Crippen LogP contribution >= 0.6 is 0 Å². The van der Waals surface area contributed by atoms with Gasteiger partial charge in [-0.25, -0.2) is 9.37 Å². The van der Waals surface area contributed by atoms with Crippen molar-refractivity contribution < 1.29 is 9.18 Å². The van der Waals surface area contributed by atoms with Crippen LogP contribution in [0.15, 0.2) is 48.7 Å². The molecule has 2 aromatic carbocycles. The molecule has 1 aliphatic carbocycles. The van der Waals surface area contributed by atoms with E-state index < -0.39 is 11.7 Å². The maximum Gasteiger partial charge on any atom is 0.261 e. The highest BCUT2D eigenvalue weighted by Crippen LogP contribution is 2.27. The van der Waals surface area contributed by atoms with E-state index in [-0.39, 0.29) is 17.3 Å². The quantitative estimate of drug-likeness (QED) is 0.398. The number of nitrogens with zero attached hydrogens (tertiary/aromatic N) is 4. The number of carbonyl (C=O) groups excluding carboxylic acids is 1. The Labute approximate surface area is 217 Å². The summed E-state index contributed by atoms with van der Waals surface area (Å²) in [4.78, 5) is 27.0. The number of carbonyl (C=O) groups is 1. The maximum atomic E-state index is 14.3. The monoisotopic (exact) mass is 503 g/mol. The number of amides is 1. The number of nitrogens with one attached hydrogen (secondary N) is 3. The highest BCUT2D eigenvalue weighted by atomic mass is 19.1. The Morgan fingerprint density at radius 3 is 2.49 bits per heavy atom. The molecule has 5 rings (SSSR count). The molecule has 0 spiro atoms. The molecule has 194 valence electrons. The van der Waals surface area contributed by atoms with E-state index in [0.717, 1.165) is 57.7 Å². The molecule has 0 unspecified atom stereocenters. The first-order valence-corrected chi connectivity index (χ1v) is 13.0. The molecule has 2 heterocycles. The molecule has 1 amide bonds. The standard InChI is InChI=1S/C28H34FN7O/c1-3-35-14-16-36(17-15-35)22-12-10-21(11-13-22)32-28-30-18-23(26(34-28)31-20-7-5-8-20)27(37)33-25-19(2)6-4-9-24(25)29/h4,6,9-13,18,20H,3,5,7-8,14-17H2,1-2H3,(H,33,37)(H2,30,31,32,34). The average Bonchev–Trinajstić information content (AvgIpc) is 2.89. The minimum atomic E-state index is -0.475. The van der Waals surface area contributed by atoms with Crippen molar-refractivity contribution in [3.8, 4) is 0 Å². The molecule has 2 aliphatic rings. The molecule has 0 radical (unpaired) electrons. The van der Waals surface area contributed by atoms with Crippen molar-refractivity contribution in [1.29, 1.82) is 0 Å².